The topological polar surface area (TPSA) is 39.4 Å². The first kappa shape index (κ1) is 78.0. The summed E-state index contributed by atoms with van der Waals surface area (Å²) >= 11 is 5.64. The Morgan fingerprint density at radius 3 is 1.01 bits per heavy atom. The van der Waals surface area contributed by atoms with Crippen molar-refractivity contribution in [2.24, 2.45) is 0 Å². The van der Waals surface area contributed by atoms with Crippen LogP contribution in [-0.2, 0) is 0 Å². The molecule has 6 heterocycles. The first-order valence-electron chi connectivity index (χ1n) is 44.8. The van der Waals surface area contributed by atoms with Crippen LogP contribution in [0.2, 0.25) is 0 Å². The molecule has 27 rings (SSSR count). The molecule has 27 aromatic rings. The molecule has 0 aliphatic rings. The highest BCUT2D eigenvalue weighted by Gasteiger charge is 2.24. The lowest BCUT2D eigenvalue weighted by Crippen LogP contribution is -1.88. The number of rotatable bonds is 12. The van der Waals surface area contributed by atoms with Crippen molar-refractivity contribution in [2.75, 3.05) is 0 Å². The molecule has 618 valence electrons. The second-order valence-electron chi connectivity index (χ2n) is 33.9. The van der Waals surface area contributed by atoms with Gasteiger partial charge in [0.05, 0.1) is 0 Å². The van der Waals surface area contributed by atoms with E-state index in [4.69, 9.17) is 13.3 Å². The number of para-hydroxylation sites is 3. The highest BCUT2D eigenvalue weighted by atomic mass is 32.1. The number of hydrogen-bond donors (Lipinski definition) is 0. The molecule has 0 N–H and O–H groups in total. The first-order valence-corrected chi connectivity index (χ1v) is 47.2. The number of benzene rings is 21. The van der Waals surface area contributed by atoms with E-state index < -0.39 is 0 Å². The normalized spacial score (nSPS) is 11.6. The van der Waals surface area contributed by atoms with Crippen LogP contribution in [0.1, 0.15) is 0 Å². The predicted octanol–water partition coefficient (Wildman–Crippen LogP) is 37.9. The molecule has 6 aromatic heterocycles. The summed E-state index contributed by atoms with van der Waals surface area (Å²) in [5.41, 5.74) is 34.2. The zero-order valence-corrected chi connectivity index (χ0v) is 73.9. The van der Waals surface area contributed by atoms with Gasteiger partial charge in [-0.05, 0) is 232 Å². The Labute approximate surface area is 774 Å². The van der Waals surface area contributed by atoms with Gasteiger partial charge in [0, 0.05) is 110 Å². The van der Waals surface area contributed by atoms with Crippen molar-refractivity contribution in [3.8, 4) is 134 Å². The van der Waals surface area contributed by atoms with Crippen LogP contribution >= 0.6 is 34.0 Å². The highest BCUT2D eigenvalue weighted by Crippen LogP contribution is 2.51. The molecular formula is C126H78O3S3. The van der Waals surface area contributed by atoms with Crippen LogP contribution in [0.4, 0.5) is 0 Å². The van der Waals surface area contributed by atoms with Crippen LogP contribution in [0.15, 0.2) is 486 Å². The van der Waals surface area contributed by atoms with Crippen molar-refractivity contribution in [1.29, 1.82) is 0 Å². The molecule has 0 amide bonds. The van der Waals surface area contributed by atoms with Gasteiger partial charge in [0.25, 0.3) is 0 Å². The Morgan fingerprint density at radius 1 is 0.129 bits per heavy atom. The summed E-state index contributed by atoms with van der Waals surface area (Å²) in [6.07, 6.45) is 0. The van der Waals surface area contributed by atoms with Crippen molar-refractivity contribution in [1.82, 2.24) is 0 Å². The second-order valence-corrected chi connectivity index (χ2v) is 37.1. The molecule has 0 unspecified atom stereocenters. The summed E-state index contributed by atoms with van der Waals surface area (Å²) in [6.45, 7) is 0. The van der Waals surface area contributed by atoms with Gasteiger partial charge in [0.2, 0.25) is 0 Å². The minimum absolute atomic E-state index is 0.885. The average molecular weight is 1740 g/mol. The van der Waals surface area contributed by atoms with Gasteiger partial charge in [-0.25, -0.2) is 0 Å². The molecule has 6 heteroatoms. The van der Waals surface area contributed by atoms with Crippen molar-refractivity contribution < 1.29 is 13.3 Å². The maximum atomic E-state index is 6.58. The number of furan rings is 3. The lowest BCUT2D eigenvalue weighted by Gasteiger charge is -2.14. The first-order chi connectivity index (χ1) is 65.4. The molecule has 21 aromatic carbocycles. The highest BCUT2D eigenvalue weighted by molar-refractivity contribution is 7.27. The summed E-state index contributed by atoms with van der Waals surface area (Å²) in [4.78, 5) is 0. The van der Waals surface area contributed by atoms with E-state index in [0.717, 1.165) is 93.6 Å². The lowest BCUT2D eigenvalue weighted by molar-refractivity contribution is 0.668. The maximum absolute atomic E-state index is 6.58. The van der Waals surface area contributed by atoms with Crippen molar-refractivity contribution in [3.05, 3.63) is 473 Å². The summed E-state index contributed by atoms with van der Waals surface area (Å²) < 4.78 is 27.3. The fraction of sp³-hybridized carbons (Fsp3) is 0. The SMILES string of the molecule is c1ccc(-c2ccc(-c3ccccc3-c3cc(-c4ccc5sc6ccccc6c5c4)c4oc5ccccc5c4c3)cc2)cc1.c1ccc(-c2cccc(-c3ccc(-c4cc(-c5cccc6sc7ccccc7c56)c5sc6ccccc6c5c4)cc3)c2)cc1.c1ccc(-c2cccc(-c3ccccc3-c3cc(-c4ccc5oc6ccccc6c5c4)c4oc5ccccc5c4c3)c2)cc1. The molecule has 0 aliphatic heterocycles. The third-order valence-corrected chi connectivity index (χ3v) is 29.6. The average Bonchev–Trinajstić information content (AvgIpc) is 1.59. The smallest absolute Gasteiger partial charge is 0.143 e. The maximum Gasteiger partial charge on any atom is 0.143 e. The summed E-state index contributed by atoms with van der Waals surface area (Å²) in [5, 5.41) is 14.7. The van der Waals surface area contributed by atoms with Crippen LogP contribution in [0.5, 0.6) is 0 Å². The van der Waals surface area contributed by atoms with Gasteiger partial charge >= 0.3 is 0 Å². The van der Waals surface area contributed by atoms with Crippen LogP contribution < -0.4 is 0 Å². The fourth-order valence-corrected chi connectivity index (χ4v) is 23.1. The van der Waals surface area contributed by atoms with E-state index in [9.17, 15) is 0 Å². The van der Waals surface area contributed by atoms with Gasteiger partial charge in [0.1, 0.15) is 33.5 Å². The molecule has 0 aliphatic carbocycles. The van der Waals surface area contributed by atoms with E-state index in [1.165, 1.54) is 166 Å². The minimum atomic E-state index is 0.885. The molecule has 132 heavy (non-hydrogen) atoms. The zero-order chi connectivity index (χ0) is 87.1. The van der Waals surface area contributed by atoms with Crippen molar-refractivity contribution in [2.45, 2.75) is 0 Å². The Balaban J connectivity index is 0.000000106. The predicted molar refractivity (Wildman–Crippen MR) is 565 cm³/mol. The molecule has 0 bridgehead atoms. The molecule has 0 saturated carbocycles. The molecule has 0 fully saturated rings. The lowest BCUT2D eigenvalue weighted by atomic mass is 9.90. The van der Waals surface area contributed by atoms with E-state index in [1.807, 2.05) is 58.3 Å². The summed E-state index contributed by atoms with van der Waals surface area (Å²) in [6, 6.07) is 170. The zero-order valence-electron chi connectivity index (χ0n) is 71.5. The van der Waals surface area contributed by atoms with Gasteiger partial charge in [-0.3, -0.25) is 0 Å². The van der Waals surface area contributed by atoms with E-state index in [-0.39, 0.29) is 0 Å². The Bertz CT molecular complexity index is 9140. The molecular weight excluding hydrogens is 1660 g/mol. The van der Waals surface area contributed by atoms with Crippen molar-refractivity contribution in [3.63, 3.8) is 0 Å². The van der Waals surface area contributed by atoms with E-state index in [2.05, 4.69) is 449 Å². The van der Waals surface area contributed by atoms with Crippen LogP contribution in [0, 0.1) is 0 Å². The standard InChI is InChI=1S/C42H26O2.C42H26OS.C42H26S2/c1-2-11-27(12-3-1)28-13-10-14-29(23-28)32-15-4-5-16-33(32)31-25-36(42-38(26-31)35-18-7-9-20-40(35)44-42)30-21-22-41-37(24-30)34-17-6-8-19-39(34)43-41;1-2-10-27(11-3-1)28-18-20-29(21-19-28)32-12-4-5-13-33(32)31-25-36(42-38(26-31)34-14-6-8-16-39(34)43-42)30-22-23-41-37(24-30)35-15-7-9-17-40(35)44-41;1-2-10-27(11-3-1)30-12-8-13-31(24-30)28-20-22-29(23-21-28)32-25-36-33-14-4-6-17-38(33)44-42(36)37(26-32)34-16-9-19-40-41(34)35-15-5-7-18-39(35)43-40/h3*1-26H. The Morgan fingerprint density at radius 2 is 0.439 bits per heavy atom. The third-order valence-electron chi connectivity index (χ3n) is 26.1. The third kappa shape index (κ3) is 14.1. The minimum Gasteiger partial charge on any atom is -0.456 e. The second kappa shape index (κ2) is 33.1. The molecule has 3 nitrogen and oxygen atoms in total. The summed E-state index contributed by atoms with van der Waals surface area (Å²) in [7, 11) is 0. The van der Waals surface area contributed by atoms with Crippen molar-refractivity contribution >= 4 is 160 Å². The van der Waals surface area contributed by atoms with E-state index in [0.29, 0.717) is 0 Å². The Hall–Kier alpha value is -16.3. The number of fused-ring (bicyclic) bond motifs is 18. The van der Waals surface area contributed by atoms with Gasteiger partial charge < -0.3 is 13.3 Å². The van der Waals surface area contributed by atoms with E-state index >= 15 is 0 Å². The van der Waals surface area contributed by atoms with Crippen LogP contribution in [0.25, 0.3) is 260 Å². The quantitative estimate of drug-likeness (QED) is 0.122. The van der Waals surface area contributed by atoms with E-state index in [1.54, 1.807) is 0 Å². The monoisotopic (exact) mass is 1730 g/mol. The van der Waals surface area contributed by atoms with Gasteiger partial charge in [0.15, 0.2) is 0 Å². The molecule has 0 saturated heterocycles. The largest absolute Gasteiger partial charge is 0.456 e. The van der Waals surface area contributed by atoms with Gasteiger partial charge in [-0.1, -0.05) is 358 Å². The molecule has 0 spiro atoms. The van der Waals surface area contributed by atoms with Gasteiger partial charge in [-0.2, -0.15) is 0 Å². The Kier molecular flexibility index (Phi) is 19.5. The van der Waals surface area contributed by atoms with Crippen LogP contribution in [-0.4, -0.2) is 0 Å². The molecule has 0 atom stereocenters. The number of hydrogen-bond acceptors (Lipinski definition) is 6. The fourth-order valence-electron chi connectivity index (χ4n) is 19.7. The molecule has 0 radical (unpaired) electrons. The van der Waals surface area contributed by atoms with Crippen LogP contribution in [0.3, 0.4) is 0 Å². The van der Waals surface area contributed by atoms with Gasteiger partial charge in [-0.15, -0.1) is 34.0 Å². The summed E-state index contributed by atoms with van der Waals surface area (Å²) in [5.74, 6) is 0. The number of thiophene rings is 3.